The molecule has 0 aliphatic carbocycles. The maximum atomic E-state index is 12.5. The topological polar surface area (TPSA) is 108 Å². The van der Waals surface area contributed by atoms with Crippen LogP contribution >= 0.6 is 15.9 Å². The molecule has 29 heavy (non-hydrogen) atoms. The van der Waals surface area contributed by atoms with Crippen LogP contribution in [0, 0.1) is 11.3 Å². The normalized spacial score (nSPS) is 16.3. The molecule has 2 aromatic rings. The van der Waals surface area contributed by atoms with Gasteiger partial charge in [0.15, 0.2) is 0 Å². The smallest absolute Gasteiger partial charge is 0.338 e. The van der Waals surface area contributed by atoms with Crippen molar-refractivity contribution in [2.24, 2.45) is 5.73 Å². The van der Waals surface area contributed by atoms with E-state index < -0.39 is 11.9 Å². The van der Waals surface area contributed by atoms with Crippen molar-refractivity contribution in [2.75, 3.05) is 6.61 Å². The molecule has 8 heteroatoms. The van der Waals surface area contributed by atoms with E-state index in [2.05, 4.69) is 15.9 Å². The summed E-state index contributed by atoms with van der Waals surface area (Å²) >= 11 is 3.37. The number of hydrogen-bond donors (Lipinski definition) is 1. The van der Waals surface area contributed by atoms with Gasteiger partial charge in [-0.15, -0.1) is 0 Å². The molecule has 0 bridgehead atoms. The van der Waals surface area contributed by atoms with Gasteiger partial charge in [0.1, 0.15) is 41.3 Å². The summed E-state index contributed by atoms with van der Waals surface area (Å²) < 4.78 is 23.1. The predicted molar refractivity (Wildman–Crippen MR) is 107 cm³/mol. The molecule has 150 valence electrons. The van der Waals surface area contributed by atoms with Gasteiger partial charge in [0.05, 0.1) is 18.1 Å². The molecule has 0 saturated carbocycles. The number of rotatable bonds is 6. The Hall–Kier alpha value is -3.18. The van der Waals surface area contributed by atoms with E-state index in [4.69, 9.17) is 24.4 Å². The number of benzene rings is 1. The van der Waals surface area contributed by atoms with Crippen molar-refractivity contribution in [3.8, 4) is 11.8 Å². The summed E-state index contributed by atoms with van der Waals surface area (Å²) in [5.41, 5.74) is 6.15. The molecule has 0 unspecified atom stereocenters. The van der Waals surface area contributed by atoms with Gasteiger partial charge >= 0.3 is 5.97 Å². The number of halogens is 1. The van der Waals surface area contributed by atoms with E-state index >= 15 is 0 Å². The number of ether oxygens (including phenoxy) is 3. The van der Waals surface area contributed by atoms with Crippen LogP contribution in [0.3, 0.4) is 0 Å². The molecule has 0 spiro atoms. The van der Waals surface area contributed by atoms with E-state index in [-0.39, 0.29) is 36.0 Å². The zero-order chi connectivity index (χ0) is 21.0. The van der Waals surface area contributed by atoms with Crippen molar-refractivity contribution >= 4 is 21.9 Å². The average Bonchev–Trinajstić information content (AvgIpc) is 3.16. The van der Waals surface area contributed by atoms with Crippen LogP contribution in [0.25, 0.3) is 0 Å². The van der Waals surface area contributed by atoms with Gasteiger partial charge in [-0.05, 0) is 50.2 Å². The van der Waals surface area contributed by atoms with E-state index in [0.29, 0.717) is 17.3 Å². The molecule has 1 aliphatic heterocycles. The van der Waals surface area contributed by atoms with Crippen LogP contribution in [-0.2, 0) is 20.9 Å². The van der Waals surface area contributed by atoms with Crippen molar-refractivity contribution < 1.29 is 23.4 Å². The Morgan fingerprint density at radius 2 is 2.00 bits per heavy atom. The molecule has 0 radical (unpaired) electrons. The van der Waals surface area contributed by atoms with E-state index in [1.54, 1.807) is 26.0 Å². The highest BCUT2D eigenvalue weighted by Gasteiger charge is 2.38. The number of carbonyl (C=O) groups is 1. The largest absolute Gasteiger partial charge is 0.486 e. The highest BCUT2D eigenvalue weighted by molar-refractivity contribution is 9.10. The van der Waals surface area contributed by atoms with Gasteiger partial charge in [0.25, 0.3) is 0 Å². The third-order valence-electron chi connectivity index (χ3n) is 4.26. The van der Waals surface area contributed by atoms with Crippen LogP contribution in [0.15, 0.2) is 68.1 Å². The second-order valence-corrected chi connectivity index (χ2v) is 7.08. The second kappa shape index (κ2) is 8.88. The van der Waals surface area contributed by atoms with Gasteiger partial charge < -0.3 is 24.4 Å². The molecule has 0 saturated heterocycles. The van der Waals surface area contributed by atoms with Gasteiger partial charge in [-0.3, -0.25) is 0 Å². The molecule has 1 aromatic heterocycles. The quantitative estimate of drug-likeness (QED) is 0.643. The number of nitriles is 1. The molecule has 7 nitrogen and oxygen atoms in total. The van der Waals surface area contributed by atoms with Crippen LogP contribution in [0.5, 0.6) is 5.75 Å². The summed E-state index contributed by atoms with van der Waals surface area (Å²) in [6.45, 7) is 3.67. The van der Waals surface area contributed by atoms with E-state index in [1.165, 1.54) is 0 Å². The van der Waals surface area contributed by atoms with Crippen molar-refractivity contribution in [3.63, 3.8) is 0 Å². The van der Waals surface area contributed by atoms with Gasteiger partial charge in [-0.1, -0.05) is 15.9 Å². The molecule has 2 heterocycles. The van der Waals surface area contributed by atoms with Crippen molar-refractivity contribution in [3.05, 3.63) is 75.2 Å². The van der Waals surface area contributed by atoms with Crippen LogP contribution in [0.4, 0.5) is 0 Å². The minimum absolute atomic E-state index is 0.0629. The Labute approximate surface area is 176 Å². The number of nitrogens with two attached hydrogens (primary N) is 1. The molecule has 3 rings (SSSR count). The highest BCUT2D eigenvalue weighted by Crippen LogP contribution is 2.40. The lowest BCUT2D eigenvalue weighted by Crippen LogP contribution is -2.25. The van der Waals surface area contributed by atoms with E-state index in [9.17, 15) is 10.1 Å². The van der Waals surface area contributed by atoms with Crippen LogP contribution in [-0.4, -0.2) is 12.6 Å². The fourth-order valence-corrected chi connectivity index (χ4v) is 3.22. The van der Waals surface area contributed by atoms with Crippen molar-refractivity contribution in [1.82, 2.24) is 0 Å². The summed E-state index contributed by atoms with van der Waals surface area (Å²) in [7, 11) is 0. The fraction of sp³-hybridized carbons (Fsp3) is 0.238. The van der Waals surface area contributed by atoms with Gasteiger partial charge in [-0.25, -0.2) is 4.79 Å². The summed E-state index contributed by atoms with van der Waals surface area (Å²) in [6.07, 6.45) is 0. The summed E-state index contributed by atoms with van der Waals surface area (Å²) in [6, 6.07) is 12.8. The zero-order valence-electron chi connectivity index (χ0n) is 15.9. The monoisotopic (exact) mass is 458 g/mol. The zero-order valence-corrected chi connectivity index (χ0v) is 17.5. The molecule has 0 amide bonds. The molecular formula is C21H19BrN2O5. The van der Waals surface area contributed by atoms with Crippen molar-refractivity contribution in [2.45, 2.75) is 26.4 Å². The minimum atomic E-state index is -0.811. The number of allylic oxidation sites excluding steroid dienone is 2. The molecule has 1 atom stereocenters. The first-order chi connectivity index (χ1) is 13.9. The molecule has 0 fully saturated rings. The van der Waals surface area contributed by atoms with Gasteiger partial charge in [-0.2, -0.15) is 5.26 Å². The minimum Gasteiger partial charge on any atom is -0.486 e. The Balaban J connectivity index is 1.87. The first-order valence-electron chi connectivity index (χ1n) is 8.87. The van der Waals surface area contributed by atoms with Crippen LogP contribution in [0.2, 0.25) is 0 Å². The Morgan fingerprint density at radius 3 is 2.66 bits per heavy atom. The lowest BCUT2D eigenvalue weighted by atomic mass is 9.87. The maximum absolute atomic E-state index is 12.5. The van der Waals surface area contributed by atoms with Gasteiger partial charge in [0.2, 0.25) is 5.88 Å². The first-order valence-corrected chi connectivity index (χ1v) is 9.66. The second-order valence-electron chi connectivity index (χ2n) is 6.16. The maximum Gasteiger partial charge on any atom is 0.338 e. The number of carbonyl (C=O) groups excluding carboxylic acids is 1. The molecular weight excluding hydrogens is 440 g/mol. The third kappa shape index (κ3) is 4.46. The van der Waals surface area contributed by atoms with E-state index in [0.717, 1.165) is 4.47 Å². The van der Waals surface area contributed by atoms with Crippen LogP contribution in [0.1, 0.15) is 31.3 Å². The lowest BCUT2D eigenvalue weighted by molar-refractivity contribution is -0.139. The molecule has 1 aromatic carbocycles. The highest BCUT2D eigenvalue weighted by atomic mass is 79.9. The summed E-state index contributed by atoms with van der Waals surface area (Å²) in [4.78, 5) is 12.5. The SMILES string of the molecule is CCOC(=O)C1=C(C)OC(N)=C(C#N)[C@H]1c1ccc(COc2ccc(Br)cc2)o1. The first kappa shape index (κ1) is 20.6. The lowest BCUT2D eigenvalue weighted by Gasteiger charge is -2.25. The number of esters is 1. The Bertz CT molecular complexity index is 1010. The number of nitrogens with zero attached hydrogens (tertiary/aromatic N) is 1. The average molecular weight is 459 g/mol. The number of hydrogen-bond acceptors (Lipinski definition) is 7. The molecule has 2 N–H and O–H groups in total. The summed E-state index contributed by atoms with van der Waals surface area (Å²) in [5, 5.41) is 9.58. The molecule has 1 aliphatic rings. The number of furan rings is 1. The van der Waals surface area contributed by atoms with Crippen LogP contribution < -0.4 is 10.5 Å². The van der Waals surface area contributed by atoms with Crippen molar-refractivity contribution in [1.29, 1.82) is 5.26 Å². The predicted octanol–water partition coefficient (Wildman–Crippen LogP) is 4.27. The van der Waals surface area contributed by atoms with Gasteiger partial charge in [0, 0.05) is 4.47 Å². The fourth-order valence-electron chi connectivity index (χ4n) is 2.95. The standard InChI is InChI=1S/C21H19BrN2O5/c1-3-26-21(25)18-12(2)28-20(24)16(10-23)19(18)17-9-8-15(29-17)11-27-14-6-4-13(22)5-7-14/h4-9,19H,3,11,24H2,1-2H3/t19-/m0/s1. The Morgan fingerprint density at radius 1 is 1.28 bits per heavy atom. The van der Waals surface area contributed by atoms with E-state index in [1.807, 2.05) is 30.3 Å². The Kier molecular flexibility index (Phi) is 6.29. The third-order valence-corrected chi connectivity index (χ3v) is 4.79. The summed E-state index contributed by atoms with van der Waals surface area (Å²) in [5.74, 6) is 0.410.